The Morgan fingerprint density at radius 2 is 2.00 bits per heavy atom. The normalized spacial score (nSPS) is 10.9. The lowest BCUT2D eigenvalue weighted by Crippen LogP contribution is -2.12. The van der Waals surface area contributed by atoms with Crippen LogP contribution in [0.3, 0.4) is 0 Å². The molecule has 0 atom stereocenters. The van der Waals surface area contributed by atoms with E-state index in [2.05, 4.69) is 17.2 Å². The van der Waals surface area contributed by atoms with Gasteiger partial charge >= 0.3 is 0 Å². The number of anilines is 1. The highest BCUT2D eigenvalue weighted by atomic mass is 35.5. The molecule has 0 bridgehead atoms. The van der Waals surface area contributed by atoms with E-state index in [0.29, 0.717) is 27.7 Å². The Morgan fingerprint density at radius 1 is 1.27 bits per heavy atom. The van der Waals surface area contributed by atoms with Crippen molar-refractivity contribution in [2.24, 2.45) is 0 Å². The first-order chi connectivity index (χ1) is 12.5. The lowest BCUT2D eigenvalue weighted by Gasteiger charge is -2.11. The van der Waals surface area contributed by atoms with Gasteiger partial charge in [0.1, 0.15) is 5.82 Å². The maximum Gasteiger partial charge on any atom is 0.257 e. The molecule has 3 rings (SSSR count). The minimum absolute atomic E-state index is 0.269. The van der Waals surface area contributed by atoms with Crippen molar-refractivity contribution in [2.75, 3.05) is 11.9 Å². The van der Waals surface area contributed by atoms with Crippen LogP contribution in [0.15, 0.2) is 30.3 Å². The highest BCUT2D eigenvalue weighted by Gasteiger charge is 2.16. The second-order valence-electron chi connectivity index (χ2n) is 5.56. The molecule has 0 saturated carbocycles. The van der Waals surface area contributed by atoms with Gasteiger partial charge in [-0.25, -0.2) is 9.37 Å². The first kappa shape index (κ1) is 18.9. The zero-order valence-corrected chi connectivity index (χ0v) is 16.1. The van der Waals surface area contributed by atoms with Crippen molar-refractivity contribution in [2.45, 2.75) is 19.8 Å². The molecular formula is C18H15Cl2FN2O2S. The highest BCUT2D eigenvalue weighted by Crippen LogP contribution is 2.35. The van der Waals surface area contributed by atoms with Crippen LogP contribution in [-0.4, -0.2) is 17.5 Å². The van der Waals surface area contributed by atoms with Crippen LogP contribution in [-0.2, 0) is 0 Å². The molecule has 26 heavy (non-hydrogen) atoms. The molecule has 0 spiro atoms. The third-order valence-corrected chi connectivity index (χ3v) is 5.07. The molecular weight excluding hydrogens is 398 g/mol. The second kappa shape index (κ2) is 8.20. The average molecular weight is 413 g/mol. The summed E-state index contributed by atoms with van der Waals surface area (Å²) in [5.74, 6) is -0.390. The number of rotatable bonds is 6. The monoisotopic (exact) mass is 412 g/mol. The number of fused-ring (bicyclic) bond motifs is 1. The topological polar surface area (TPSA) is 51.2 Å². The van der Waals surface area contributed by atoms with Gasteiger partial charge in [0.05, 0.1) is 26.9 Å². The number of amides is 1. The van der Waals surface area contributed by atoms with Crippen molar-refractivity contribution in [1.29, 1.82) is 0 Å². The van der Waals surface area contributed by atoms with E-state index >= 15 is 0 Å². The number of carbonyl (C=O) groups excluding carboxylic acids is 1. The molecule has 1 heterocycles. The molecule has 0 aliphatic heterocycles. The average Bonchev–Trinajstić information content (AvgIpc) is 2.98. The predicted octanol–water partition coefficient (Wildman–Crippen LogP) is 6.17. The van der Waals surface area contributed by atoms with Crippen LogP contribution in [0.2, 0.25) is 10.0 Å². The van der Waals surface area contributed by atoms with Gasteiger partial charge in [-0.15, -0.1) is 0 Å². The van der Waals surface area contributed by atoms with E-state index in [4.69, 9.17) is 27.9 Å². The van der Waals surface area contributed by atoms with Crippen LogP contribution in [0.1, 0.15) is 30.1 Å². The molecule has 4 nitrogen and oxygen atoms in total. The zero-order chi connectivity index (χ0) is 18.7. The third-order valence-electron chi connectivity index (χ3n) is 3.58. The fraction of sp³-hybridized carbons (Fsp3) is 0.222. The number of halogens is 3. The Bertz CT molecular complexity index is 939. The van der Waals surface area contributed by atoms with Gasteiger partial charge < -0.3 is 4.74 Å². The number of benzene rings is 2. The van der Waals surface area contributed by atoms with Crippen LogP contribution in [0, 0.1) is 5.82 Å². The SMILES string of the molecule is CCCCOc1c(Cl)cc(C(=O)Nc2nc3ccc(F)cc3s2)cc1Cl. The Labute approximate surface area is 163 Å². The molecule has 0 saturated heterocycles. The van der Waals surface area contributed by atoms with E-state index in [-0.39, 0.29) is 21.4 Å². The summed E-state index contributed by atoms with van der Waals surface area (Å²) in [7, 11) is 0. The summed E-state index contributed by atoms with van der Waals surface area (Å²) in [4.78, 5) is 16.7. The van der Waals surface area contributed by atoms with Gasteiger partial charge in [-0.05, 0) is 36.8 Å². The number of nitrogens with one attached hydrogen (secondary N) is 1. The van der Waals surface area contributed by atoms with Crippen molar-refractivity contribution >= 4 is 55.8 Å². The first-order valence-electron chi connectivity index (χ1n) is 7.97. The van der Waals surface area contributed by atoms with Crippen LogP contribution in [0.5, 0.6) is 5.75 Å². The first-order valence-corrected chi connectivity index (χ1v) is 9.54. The van der Waals surface area contributed by atoms with Crippen molar-refractivity contribution in [1.82, 2.24) is 4.98 Å². The van der Waals surface area contributed by atoms with Crippen molar-refractivity contribution in [3.8, 4) is 5.75 Å². The van der Waals surface area contributed by atoms with Gasteiger partial charge in [0.2, 0.25) is 0 Å². The fourth-order valence-corrected chi connectivity index (χ4v) is 3.75. The molecule has 1 N–H and O–H groups in total. The second-order valence-corrected chi connectivity index (χ2v) is 7.40. The molecule has 0 aliphatic carbocycles. The lowest BCUT2D eigenvalue weighted by atomic mass is 10.2. The number of aromatic nitrogens is 1. The molecule has 0 unspecified atom stereocenters. The predicted molar refractivity (Wildman–Crippen MR) is 104 cm³/mol. The quantitative estimate of drug-likeness (QED) is 0.492. The number of hydrogen-bond acceptors (Lipinski definition) is 4. The van der Waals surface area contributed by atoms with Crippen LogP contribution >= 0.6 is 34.5 Å². The van der Waals surface area contributed by atoms with E-state index in [1.54, 1.807) is 6.07 Å². The molecule has 0 fully saturated rings. The molecule has 8 heteroatoms. The smallest absolute Gasteiger partial charge is 0.257 e. The number of hydrogen-bond donors (Lipinski definition) is 1. The van der Waals surface area contributed by atoms with Crippen LogP contribution in [0.25, 0.3) is 10.2 Å². The minimum atomic E-state index is -0.409. The maximum atomic E-state index is 13.3. The van der Waals surface area contributed by atoms with Gasteiger partial charge in [-0.3, -0.25) is 10.1 Å². The number of thiazole rings is 1. The summed E-state index contributed by atoms with van der Waals surface area (Å²) >= 11 is 13.6. The minimum Gasteiger partial charge on any atom is -0.490 e. The molecule has 0 aliphatic rings. The molecule has 1 amide bonds. The lowest BCUT2D eigenvalue weighted by molar-refractivity contribution is 0.102. The van der Waals surface area contributed by atoms with Crippen molar-refractivity contribution in [3.63, 3.8) is 0 Å². The molecule has 2 aromatic carbocycles. The molecule has 1 aromatic heterocycles. The van der Waals surface area contributed by atoms with E-state index in [9.17, 15) is 9.18 Å². The summed E-state index contributed by atoms with van der Waals surface area (Å²) in [5.41, 5.74) is 0.899. The van der Waals surface area contributed by atoms with E-state index in [1.165, 1.54) is 35.6 Å². The van der Waals surface area contributed by atoms with Gasteiger partial charge in [0.15, 0.2) is 10.9 Å². The standard InChI is InChI=1S/C18H15Cl2FN2O2S/c1-2-3-6-25-16-12(19)7-10(8-13(16)20)17(24)23-18-22-14-5-4-11(21)9-15(14)26-18/h4-5,7-9H,2-3,6H2,1H3,(H,22,23,24). The number of nitrogens with zero attached hydrogens (tertiary/aromatic N) is 1. The molecule has 136 valence electrons. The Morgan fingerprint density at radius 3 is 2.69 bits per heavy atom. The van der Waals surface area contributed by atoms with E-state index in [1.807, 2.05) is 0 Å². The Hall–Kier alpha value is -1.89. The van der Waals surface area contributed by atoms with Gasteiger partial charge in [0.25, 0.3) is 5.91 Å². The summed E-state index contributed by atoms with van der Waals surface area (Å²) in [5, 5.41) is 3.59. The Kier molecular flexibility index (Phi) is 5.96. The summed E-state index contributed by atoms with van der Waals surface area (Å²) in [6.07, 6.45) is 1.87. The van der Waals surface area contributed by atoms with Gasteiger partial charge in [-0.2, -0.15) is 0 Å². The summed E-state index contributed by atoms with van der Waals surface area (Å²) < 4.78 is 19.5. The highest BCUT2D eigenvalue weighted by molar-refractivity contribution is 7.22. The summed E-state index contributed by atoms with van der Waals surface area (Å²) in [6, 6.07) is 7.25. The zero-order valence-electron chi connectivity index (χ0n) is 13.8. The molecule has 0 radical (unpaired) electrons. The van der Waals surface area contributed by atoms with E-state index < -0.39 is 5.91 Å². The van der Waals surface area contributed by atoms with Crippen molar-refractivity contribution in [3.05, 3.63) is 51.8 Å². The molecule has 3 aromatic rings. The number of carbonyl (C=O) groups is 1. The van der Waals surface area contributed by atoms with E-state index in [0.717, 1.165) is 12.8 Å². The summed E-state index contributed by atoms with van der Waals surface area (Å²) in [6.45, 7) is 2.56. The van der Waals surface area contributed by atoms with Crippen LogP contribution in [0.4, 0.5) is 9.52 Å². The number of ether oxygens (including phenoxy) is 1. The van der Waals surface area contributed by atoms with Gasteiger partial charge in [-0.1, -0.05) is 47.9 Å². The number of unbranched alkanes of at least 4 members (excludes halogenated alkanes) is 1. The van der Waals surface area contributed by atoms with Gasteiger partial charge in [0, 0.05) is 5.56 Å². The third kappa shape index (κ3) is 4.26. The largest absolute Gasteiger partial charge is 0.490 e. The maximum absolute atomic E-state index is 13.3. The van der Waals surface area contributed by atoms with Crippen molar-refractivity contribution < 1.29 is 13.9 Å². The van der Waals surface area contributed by atoms with Crippen LogP contribution < -0.4 is 10.1 Å². The fourth-order valence-electron chi connectivity index (χ4n) is 2.27. The Balaban J connectivity index is 1.78.